The highest BCUT2D eigenvalue weighted by Gasteiger charge is 2.32. The number of rotatable bonds is 3. The third-order valence-electron chi connectivity index (χ3n) is 2.87. The minimum absolute atomic E-state index is 0.0577. The first-order valence-corrected chi connectivity index (χ1v) is 6.63. The fraction of sp³-hybridized carbons (Fsp3) is 0.308. The van der Waals surface area contributed by atoms with Crippen molar-refractivity contribution in [1.29, 1.82) is 0 Å². The number of carbonyl (C=O) groups is 3. The smallest absolute Gasteiger partial charge is 0.323 e. The van der Waals surface area contributed by atoms with E-state index in [4.69, 9.17) is 5.11 Å². The average molecular weight is 279 g/mol. The molecule has 6 heteroatoms. The van der Waals surface area contributed by atoms with Gasteiger partial charge in [-0.05, 0) is 32.0 Å². The molecule has 0 spiro atoms. The molecule has 0 bridgehead atoms. The maximum atomic E-state index is 12.0. The van der Waals surface area contributed by atoms with Crippen molar-refractivity contribution in [1.82, 2.24) is 0 Å². The van der Waals surface area contributed by atoms with Crippen molar-refractivity contribution in [2.45, 2.75) is 24.0 Å². The summed E-state index contributed by atoms with van der Waals surface area (Å²) in [6.07, 6.45) is 0. The number of nitrogens with zero attached hydrogens (tertiary/aromatic N) is 1. The number of fused-ring (bicyclic) bond motifs is 1. The molecule has 1 N–H and O–H groups in total. The maximum Gasteiger partial charge on any atom is 0.323 e. The Morgan fingerprint density at radius 3 is 2.68 bits per heavy atom. The molecular weight excluding hydrogens is 266 g/mol. The lowest BCUT2D eigenvalue weighted by Gasteiger charge is -2.31. The third kappa shape index (κ3) is 2.63. The molecule has 0 saturated carbocycles. The van der Waals surface area contributed by atoms with Gasteiger partial charge in [0.15, 0.2) is 5.78 Å². The average Bonchev–Trinajstić information content (AvgIpc) is 2.33. The van der Waals surface area contributed by atoms with Crippen LogP contribution in [0, 0.1) is 0 Å². The minimum atomic E-state index is -1.06. The Hall–Kier alpha value is -1.82. The van der Waals surface area contributed by atoms with Crippen LogP contribution >= 0.6 is 11.8 Å². The lowest BCUT2D eigenvalue weighted by atomic mass is 10.1. The summed E-state index contributed by atoms with van der Waals surface area (Å²) in [6.45, 7) is 2.83. The molecule has 0 radical (unpaired) electrons. The maximum absolute atomic E-state index is 12.0. The Balaban J connectivity index is 2.47. The zero-order valence-corrected chi connectivity index (χ0v) is 11.4. The van der Waals surface area contributed by atoms with Crippen LogP contribution in [-0.2, 0) is 9.59 Å². The number of ketones is 1. The van der Waals surface area contributed by atoms with Crippen molar-refractivity contribution in [2.75, 3.05) is 11.4 Å². The van der Waals surface area contributed by atoms with Gasteiger partial charge in [0.1, 0.15) is 6.54 Å². The van der Waals surface area contributed by atoms with Crippen LogP contribution in [0.1, 0.15) is 24.2 Å². The lowest BCUT2D eigenvalue weighted by molar-refractivity contribution is -0.136. The molecule has 0 aliphatic carbocycles. The Morgan fingerprint density at radius 1 is 1.42 bits per heavy atom. The van der Waals surface area contributed by atoms with Crippen LogP contribution in [-0.4, -0.2) is 34.6 Å². The molecule has 1 aliphatic heterocycles. The van der Waals surface area contributed by atoms with E-state index >= 15 is 0 Å². The number of hydrogen-bond acceptors (Lipinski definition) is 4. The first kappa shape index (κ1) is 13.6. The van der Waals surface area contributed by atoms with E-state index in [9.17, 15) is 14.4 Å². The van der Waals surface area contributed by atoms with Gasteiger partial charge < -0.3 is 5.11 Å². The summed E-state index contributed by atoms with van der Waals surface area (Å²) in [7, 11) is 0. The van der Waals surface area contributed by atoms with Gasteiger partial charge in [0.2, 0.25) is 5.91 Å². The Labute approximate surface area is 114 Å². The fourth-order valence-electron chi connectivity index (χ4n) is 1.93. The molecule has 1 unspecified atom stereocenters. The van der Waals surface area contributed by atoms with Gasteiger partial charge in [-0.3, -0.25) is 19.3 Å². The first-order valence-electron chi connectivity index (χ1n) is 5.75. The summed E-state index contributed by atoms with van der Waals surface area (Å²) in [5.41, 5.74) is 1.11. The van der Waals surface area contributed by atoms with Gasteiger partial charge in [0.25, 0.3) is 0 Å². The van der Waals surface area contributed by atoms with Gasteiger partial charge in [-0.2, -0.15) is 0 Å². The number of hydrogen-bond donors (Lipinski definition) is 1. The summed E-state index contributed by atoms with van der Waals surface area (Å²) in [6, 6.07) is 4.95. The molecule has 5 nitrogen and oxygen atoms in total. The number of Topliss-reactive ketones (excluding diaryl/α,β-unsaturated/α-hetero) is 1. The van der Waals surface area contributed by atoms with Gasteiger partial charge in [-0.25, -0.2) is 0 Å². The van der Waals surface area contributed by atoms with E-state index in [1.54, 1.807) is 25.1 Å². The zero-order chi connectivity index (χ0) is 14.2. The normalized spacial score (nSPS) is 18.1. The molecular formula is C13H13NO4S. The number of amides is 1. The standard InChI is InChI=1S/C13H13NO4S/c1-7(15)9-3-4-10-11(5-9)19-8(2)13(18)14(10)6-12(16)17/h3-5,8H,6H2,1-2H3,(H,16,17). The monoisotopic (exact) mass is 279 g/mol. The number of carbonyl (C=O) groups excluding carboxylic acids is 2. The molecule has 2 rings (SSSR count). The number of carboxylic acids is 1. The van der Waals surface area contributed by atoms with Gasteiger partial charge in [-0.15, -0.1) is 11.8 Å². The summed E-state index contributed by atoms with van der Waals surface area (Å²) in [5, 5.41) is 8.53. The summed E-state index contributed by atoms with van der Waals surface area (Å²) in [4.78, 5) is 36.2. The van der Waals surface area contributed by atoms with Crippen LogP contribution in [0.15, 0.2) is 23.1 Å². The quantitative estimate of drug-likeness (QED) is 0.854. The number of aliphatic carboxylic acids is 1. The van der Waals surface area contributed by atoms with Crippen LogP contribution in [0.5, 0.6) is 0 Å². The topological polar surface area (TPSA) is 74.7 Å². The van der Waals surface area contributed by atoms with Crippen LogP contribution in [0.2, 0.25) is 0 Å². The molecule has 0 aromatic heterocycles. The van der Waals surface area contributed by atoms with E-state index < -0.39 is 5.97 Å². The van der Waals surface area contributed by atoms with Gasteiger partial charge in [0.05, 0.1) is 10.9 Å². The molecule has 100 valence electrons. The second-order valence-electron chi connectivity index (χ2n) is 4.32. The second kappa shape index (κ2) is 5.05. The van der Waals surface area contributed by atoms with Gasteiger partial charge >= 0.3 is 5.97 Å². The van der Waals surface area contributed by atoms with Crippen LogP contribution in [0.25, 0.3) is 0 Å². The van der Waals surface area contributed by atoms with Crippen LogP contribution in [0.4, 0.5) is 5.69 Å². The summed E-state index contributed by atoms with van der Waals surface area (Å²) in [5.74, 6) is -1.35. The molecule has 1 amide bonds. The van der Waals surface area contributed by atoms with E-state index in [1.165, 1.54) is 23.6 Å². The Morgan fingerprint density at radius 2 is 2.11 bits per heavy atom. The van der Waals surface area contributed by atoms with E-state index in [2.05, 4.69) is 0 Å². The number of anilines is 1. The molecule has 1 aliphatic rings. The predicted octanol–water partition coefficient (Wildman–Crippen LogP) is 1.80. The van der Waals surface area contributed by atoms with Gasteiger partial charge in [0, 0.05) is 10.5 Å². The number of benzene rings is 1. The summed E-state index contributed by atoms with van der Waals surface area (Å²) < 4.78 is 0. The largest absolute Gasteiger partial charge is 0.480 e. The zero-order valence-electron chi connectivity index (χ0n) is 10.5. The highest BCUT2D eigenvalue weighted by molar-refractivity contribution is 8.01. The molecule has 1 aromatic rings. The molecule has 1 aromatic carbocycles. The number of carboxylic acid groups (broad SMARTS) is 1. The molecule has 0 saturated heterocycles. The van der Waals surface area contributed by atoms with Crippen molar-refractivity contribution in [3.05, 3.63) is 23.8 Å². The second-order valence-corrected chi connectivity index (χ2v) is 5.70. The SMILES string of the molecule is CC(=O)c1ccc2c(c1)SC(C)C(=O)N2CC(=O)O. The van der Waals surface area contributed by atoms with E-state index in [0.717, 1.165) is 4.90 Å². The van der Waals surface area contributed by atoms with Crippen LogP contribution < -0.4 is 4.90 Å². The highest BCUT2D eigenvalue weighted by atomic mass is 32.2. The molecule has 1 heterocycles. The van der Waals surface area contributed by atoms with Crippen molar-refractivity contribution < 1.29 is 19.5 Å². The number of thioether (sulfide) groups is 1. The summed E-state index contributed by atoms with van der Waals surface area (Å²) >= 11 is 1.35. The van der Waals surface area contributed by atoms with E-state index in [0.29, 0.717) is 11.3 Å². The van der Waals surface area contributed by atoms with Gasteiger partial charge in [-0.1, -0.05) is 0 Å². The lowest BCUT2D eigenvalue weighted by Crippen LogP contribution is -2.42. The van der Waals surface area contributed by atoms with E-state index in [1.807, 2.05) is 0 Å². The van der Waals surface area contributed by atoms with Crippen molar-refractivity contribution in [2.24, 2.45) is 0 Å². The predicted molar refractivity (Wildman–Crippen MR) is 71.8 cm³/mol. The molecule has 19 heavy (non-hydrogen) atoms. The Bertz CT molecular complexity index is 570. The van der Waals surface area contributed by atoms with Crippen molar-refractivity contribution in [3.63, 3.8) is 0 Å². The fourth-order valence-corrected chi connectivity index (χ4v) is 3.03. The molecule has 0 fully saturated rings. The minimum Gasteiger partial charge on any atom is -0.480 e. The van der Waals surface area contributed by atoms with E-state index in [-0.39, 0.29) is 23.5 Å². The highest BCUT2D eigenvalue weighted by Crippen LogP contribution is 2.39. The van der Waals surface area contributed by atoms with Crippen molar-refractivity contribution in [3.8, 4) is 0 Å². The van der Waals surface area contributed by atoms with Crippen molar-refractivity contribution >= 4 is 35.1 Å². The third-order valence-corrected chi connectivity index (χ3v) is 4.00. The molecule has 1 atom stereocenters. The van der Waals surface area contributed by atoms with Crippen LogP contribution in [0.3, 0.4) is 0 Å². The Kier molecular flexibility index (Phi) is 3.61. The first-order chi connectivity index (χ1) is 8.90.